The molecule has 0 aromatic heterocycles. The number of nitrogens with one attached hydrogen (secondary N) is 2. The molecule has 2 aromatic rings. The molecule has 0 unspecified atom stereocenters. The number of benzene rings is 2. The Morgan fingerprint density at radius 3 is 2.33 bits per heavy atom. The zero-order valence-corrected chi connectivity index (χ0v) is 13.6. The predicted molar refractivity (Wildman–Crippen MR) is 94.6 cm³/mol. The van der Waals surface area contributed by atoms with Gasteiger partial charge < -0.3 is 10.6 Å². The molecule has 2 amide bonds. The van der Waals surface area contributed by atoms with Gasteiger partial charge in [-0.05, 0) is 30.5 Å². The standard InChI is InChI=1S/C20H22N2O2/c23-19(16-10-4-5-11-16)22-18-13-7-6-12-17(18)20(24)21-14-15-8-2-1-3-9-15/h1-3,6-9,12-13,16H,4-5,10-11,14H2,(H,21,24)(H,22,23). The van der Waals surface area contributed by atoms with Crippen LogP contribution in [0.5, 0.6) is 0 Å². The SMILES string of the molecule is O=C(NCc1ccccc1)c1ccccc1NC(=O)C1CCCC1. The number of hydrogen-bond acceptors (Lipinski definition) is 2. The van der Waals surface area contributed by atoms with Gasteiger partial charge in [-0.3, -0.25) is 9.59 Å². The molecule has 0 atom stereocenters. The van der Waals surface area contributed by atoms with Crippen molar-refractivity contribution in [1.29, 1.82) is 0 Å². The molecule has 2 N–H and O–H groups in total. The Morgan fingerprint density at radius 2 is 1.58 bits per heavy atom. The first-order valence-corrected chi connectivity index (χ1v) is 8.46. The maximum absolute atomic E-state index is 12.5. The van der Waals surface area contributed by atoms with E-state index < -0.39 is 0 Å². The van der Waals surface area contributed by atoms with E-state index in [9.17, 15) is 9.59 Å². The zero-order valence-electron chi connectivity index (χ0n) is 13.6. The highest BCUT2D eigenvalue weighted by molar-refractivity contribution is 6.04. The third-order valence-corrected chi connectivity index (χ3v) is 4.45. The molecule has 124 valence electrons. The number of carbonyl (C=O) groups excluding carboxylic acids is 2. The maximum atomic E-state index is 12.5. The van der Waals surface area contributed by atoms with E-state index in [-0.39, 0.29) is 17.7 Å². The van der Waals surface area contributed by atoms with Crippen molar-refractivity contribution in [3.8, 4) is 0 Å². The molecule has 1 aliphatic carbocycles. The molecule has 0 aliphatic heterocycles. The van der Waals surface area contributed by atoms with Crippen LogP contribution < -0.4 is 10.6 Å². The van der Waals surface area contributed by atoms with Gasteiger partial charge in [-0.2, -0.15) is 0 Å². The molecule has 0 saturated heterocycles. The van der Waals surface area contributed by atoms with E-state index in [1.807, 2.05) is 42.5 Å². The van der Waals surface area contributed by atoms with Crippen molar-refractivity contribution in [1.82, 2.24) is 5.32 Å². The third-order valence-electron chi connectivity index (χ3n) is 4.45. The lowest BCUT2D eigenvalue weighted by atomic mass is 10.1. The van der Waals surface area contributed by atoms with E-state index in [1.165, 1.54) is 0 Å². The van der Waals surface area contributed by atoms with Crippen molar-refractivity contribution in [2.45, 2.75) is 32.2 Å². The van der Waals surface area contributed by atoms with Crippen molar-refractivity contribution in [2.24, 2.45) is 5.92 Å². The minimum absolute atomic E-state index is 0.0239. The van der Waals surface area contributed by atoms with Gasteiger partial charge in [0.05, 0.1) is 11.3 Å². The normalized spacial score (nSPS) is 14.3. The summed E-state index contributed by atoms with van der Waals surface area (Å²) < 4.78 is 0. The lowest BCUT2D eigenvalue weighted by Gasteiger charge is -2.14. The molecule has 3 rings (SSSR count). The predicted octanol–water partition coefficient (Wildman–Crippen LogP) is 3.75. The van der Waals surface area contributed by atoms with Gasteiger partial charge in [-0.25, -0.2) is 0 Å². The van der Waals surface area contributed by atoms with Crippen LogP contribution in [0, 0.1) is 5.92 Å². The summed E-state index contributed by atoms with van der Waals surface area (Å²) in [5.74, 6) is -0.0811. The largest absolute Gasteiger partial charge is 0.348 e. The van der Waals surface area contributed by atoms with E-state index in [1.54, 1.807) is 12.1 Å². The Labute approximate surface area is 142 Å². The highest BCUT2D eigenvalue weighted by Crippen LogP contribution is 2.26. The summed E-state index contributed by atoms with van der Waals surface area (Å²) in [6.07, 6.45) is 4.09. The van der Waals surface area contributed by atoms with Gasteiger partial charge in [-0.1, -0.05) is 55.3 Å². The number of para-hydroxylation sites is 1. The highest BCUT2D eigenvalue weighted by atomic mass is 16.2. The smallest absolute Gasteiger partial charge is 0.253 e. The first-order valence-electron chi connectivity index (χ1n) is 8.46. The van der Waals surface area contributed by atoms with E-state index in [0.717, 1.165) is 31.2 Å². The lowest BCUT2D eigenvalue weighted by Crippen LogP contribution is -2.26. The second kappa shape index (κ2) is 7.77. The van der Waals surface area contributed by atoms with Crippen LogP contribution in [0.3, 0.4) is 0 Å². The van der Waals surface area contributed by atoms with Gasteiger partial charge in [-0.15, -0.1) is 0 Å². The minimum Gasteiger partial charge on any atom is -0.348 e. The number of amides is 2. The fourth-order valence-corrected chi connectivity index (χ4v) is 3.09. The second-order valence-corrected chi connectivity index (χ2v) is 6.18. The van der Waals surface area contributed by atoms with Crippen LogP contribution in [0.15, 0.2) is 54.6 Å². The summed E-state index contributed by atoms with van der Waals surface area (Å²) in [5.41, 5.74) is 2.12. The molecule has 0 heterocycles. The molecule has 4 heteroatoms. The fourth-order valence-electron chi connectivity index (χ4n) is 3.09. The van der Waals surface area contributed by atoms with Crippen molar-refractivity contribution in [3.63, 3.8) is 0 Å². The Hall–Kier alpha value is -2.62. The number of anilines is 1. The first-order chi connectivity index (χ1) is 11.7. The Kier molecular flexibility index (Phi) is 5.26. The van der Waals surface area contributed by atoms with Gasteiger partial charge in [0.25, 0.3) is 5.91 Å². The van der Waals surface area contributed by atoms with Crippen molar-refractivity contribution < 1.29 is 9.59 Å². The summed E-state index contributed by atoms with van der Waals surface area (Å²) in [5, 5.41) is 5.84. The quantitative estimate of drug-likeness (QED) is 0.881. The summed E-state index contributed by atoms with van der Waals surface area (Å²) in [7, 11) is 0. The molecule has 2 aromatic carbocycles. The van der Waals surface area contributed by atoms with Crippen molar-refractivity contribution >= 4 is 17.5 Å². The van der Waals surface area contributed by atoms with Crippen molar-refractivity contribution in [3.05, 3.63) is 65.7 Å². The summed E-state index contributed by atoms with van der Waals surface area (Å²) in [4.78, 5) is 24.8. The average Bonchev–Trinajstić information content (AvgIpc) is 3.16. The molecule has 0 radical (unpaired) electrons. The molecule has 24 heavy (non-hydrogen) atoms. The second-order valence-electron chi connectivity index (χ2n) is 6.18. The Morgan fingerprint density at radius 1 is 0.917 bits per heavy atom. The number of carbonyl (C=O) groups is 2. The maximum Gasteiger partial charge on any atom is 0.253 e. The van der Waals surface area contributed by atoms with E-state index in [4.69, 9.17) is 0 Å². The van der Waals surface area contributed by atoms with Crippen LogP contribution >= 0.6 is 0 Å². The monoisotopic (exact) mass is 322 g/mol. The van der Waals surface area contributed by atoms with Crippen LogP contribution in [0.25, 0.3) is 0 Å². The summed E-state index contributed by atoms with van der Waals surface area (Å²) >= 11 is 0. The van der Waals surface area contributed by atoms with E-state index >= 15 is 0 Å². The molecule has 1 aliphatic rings. The van der Waals surface area contributed by atoms with Gasteiger partial charge >= 0.3 is 0 Å². The molecule has 0 spiro atoms. The molecule has 4 nitrogen and oxygen atoms in total. The van der Waals surface area contributed by atoms with E-state index in [0.29, 0.717) is 17.8 Å². The molecular formula is C20H22N2O2. The molecule has 1 fully saturated rings. The van der Waals surface area contributed by atoms with Gasteiger partial charge in [0, 0.05) is 12.5 Å². The van der Waals surface area contributed by atoms with E-state index in [2.05, 4.69) is 10.6 Å². The van der Waals surface area contributed by atoms with Gasteiger partial charge in [0.1, 0.15) is 0 Å². The first kappa shape index (κ1) is 16.2. The Bertz CT molecular complexity index is 707. The van der Waals surface area contributed by atoms with Crippen LogP contribution in [-0.4, -0.2) is 11.8 Å². The number of hydrogen-bond donors (Lipinski definition) is 2. The van der Waals surface area contributed by atoms with Gasteiger partial charge in [0.2, 0.25) is 5.91 Å². The fraction of sp³-hybridized carbons (Fsp3) is 0.300. The molecule has 0 bridgehead atoms. The van der Waals surface area contributed by atoms with Crippen LogP contribution in [0.4, 0.5) is 5.69 Å². The lowest BCUT2D eigenvalue weighted by molar-refractivity contribution is -0.119. The Balaban J connectivity index is 1.66. The number of rotatable bonds is 5. The highest BCUT2D eigenvalue weighted by Gasteiger charge is 2.23. The zero-order chi connectivity index (χ0) is 16.8. The van der Waals surface area contributed by atoms with Crippen LogP contribution in [0.2, 0.25) is 0 Å². The molecule has 1 saturated carbocycles. The average molecular weight is 322 g/mol. The third kappa shape index (κ3) is 4.02. The summed E-state index contributed by atoms with van der Waals surface area (Å²) in [6.45, 7) is 0.463. The topological polar surface area (TPSA) is 58.2 Å². The van der Waals surface area contributed by atoms with Crippen LogP contribution in [0.1, 0.15) is 41.6 Å². The van der Waals surface area contributed by atoms with Gasteiger partial charge in [0.15, 0.2) is 0 Å². The van der Waals surface area contributed by atoms with Crippen LogP contribution in [-0.2, 0) is 11.3 Å². The molecular weight excluding hydrogens is 300 g/mol. The summed E-state index contributed by atoms with van der Waals surface area (Å²) in [6, 6.07) is 16.9. The van der Waals surface area contributed by atoms with Crippen molar-refractivity contribution in [2.75, 3.05) is 5.32 Å². The minimum atomic E-state index is -0.179.